The van der Waals surface area contributed by atoms with Gasteiger partial charge in [0.25, 0.3) is 0 Å². The molecular formula is C12H8Cl2. The van der Waals surface area contributed by atoms with E-state index in [1.54, 1.807) is 0 Å². The average molecular weight is 223 g/mol. The van der Waals surface area contributed by atoms with Gasteiger partial charge in [-0.3, -0.25) is 0 Å². The number of hydrogen-bond donors (Lipinski definition) is 0. The Morgan fingerprint density at radius 1 is 0.857 bits per heavy atom. The standard InChI is InChI=1S/C12H8Cl2/c13-9-3-7-11-5-1-2-6-12(11)8-4-10-14/h1-2,5-6H,9-10H2. The van der Waals surface area contributed by atoms with Crippen LogP contribution in [0.4, 0.5) is 0 Å². The van der Waals surface area contributed by atoms with Crippen molar-refractivity contribution in [2.45, 2.75) is 0 Å². The van der Waals surface area contributed by atoms with Crippen LogP contribution in [-0.2, 0) is 0 Å². The SMILES string of the molecule is ClCC#Cc1ccccc1C#CCCl. The summed E-state index contributed by atoms with van der Waals surface area (Å²) in [6, 6.07) is 7.67. The predicted molar refractivity (Wildman–Crippen MR) is 61.6 cm³/mol. The molecule has 0 bridgehead atoms. The normalized spacial score (nSPS) is 8.14. The summed E-state index contributed by atoms with van der Waals surface area (Å²) < 4.78 is 0. The zero-order chi connectivity index (χ0) is 10.2. The summed E-state index contributed by atoms with van der Waals surface area (Å²) in [7, 11) is 0. The Labute approximate surface area is 94.2 Å². The molecule has 0 nitrogen and oxygen atoms in total. The molecule has 0 unspecified atom stereocenters. The lowest BCUT2D eigenvalue weighted by Crippen LogP contribution is -1.82. The van der Waals surface area contributed by atoms with E-state index in [4.69, 9.17) is 23.2 Å². The molecule has 70 valence electrons. The number of benzene rings is 1. The Hall–Kier alpha value is -1.08. The maximum absolute atomic E-state index is 5.48. The molecule has 1 rings (SSSR count). The predicted octanol–water partition coefficient (Wildman–Crippen LogP) is 2.87. The molecule has 0 saturated heterocycles. The molecule has 0 aliphatic heterocycles. The highest BCUT2D eigenvalue weighted by molar-refractivity contribution is 6.19. The Morgan fingerprint density at radius 3 is 1.64 bits per heavy atom. The van der Waals surface area contributed by atoms with E-state index in [-0.39, 0.29) is 0 Å². The van der Waals surface area contributed by atoms with Crippen molar-refractivity contribution >= 4 is 23.2 Å². The van der Waals surface area contributed by atoms with Gasteiger partial charge in [-0.25, -0.2) is 0 Å². The van der Waals surface area contributed by atoms with E-state index in [1.165, 1.54) is 0 Å². The number of alkyl halides is 2. The molecule has 0 saturated carbocycles. The highest BCUT2D eigenvalue weighted by atomic mass is 35.5. The maximum Gasteiger partial charge on any atom is 0.0839 e. The van der Waals surface area contributed by atoms with Crippen molar-refractivity contribution in [2.75, 3.05) is 11.8 Å². The van der Waals surface area contributed by atoms with E-state index >= 15 is 0 Å². The molecule has 0 atom stereocenters. The molecule has 0 aromatic heterocycles. The third-order valence-electron chi connectivity index (χ3n) is 1.51. The molecule has 1 aromatic carbocycles. The summed E-state index contributed by atoms with van der Waals surface area (Å²) in [6.45, 7) is 0. The number of rotatable bonds is 0. The van der Waals surface area contributed by atoms with Crippen LogP contribution in [0, 0.1) is 23.7 Å². The molecule has 0 aliphatic carbocycles. The molecule has 1 aromatic rings. The van der Waals surface area contributed by atoms with E-state index in [9.17, 15) is 0 Å². The van der Waals surface area contributed by atoms with Gasteiger partial charge in [-0.2, -0.15) is 0 Å². The molecular weight excluding hydrogens is 215 g/mol. The summed E-state index contributed by atoms with van der Waals surface area (Å²) in [5.41, 5.74) is 1.79. The van der Waals surface area contributed by atoms with Gasteiger partial charge in [0, 0.05) is 11.1 Å². The van der Waals surface area contributed by atoms with Crippen LogP contribution in [0.3, 0.4) is 0 Å². The Morgan fingerprint density at radius 2 is 1.29 bits per heavy atom. The fourth-order valence-corrected chi connectivity index (χ4v) is 1.09. The lowest BCUT2D eigenvalue weighted by Gasteiger charge is -1.93. The van der Waals surface area contributed by atoms with Crippen molar-refractivity contribution in [1.29, 1.82) is 0 Å². The van der Waals surface area contributed by atoms with Crippen molar-refractivity contribution in [3.63, 3.8) is 0 Å². The number of hydrogen-bond acceptors (Lipinski definition) is 0. The summed E-state index contributed by atoms with van der Waals surface area (Å²) in [6.07, 6.45) is 0. The zero-order valence-electron chi connectivity index (χ0n) is 7.48. The van der Waals surface area contributed by atoms with E-state index in [1.807, 2.05) is 24.3 Å². The first-order valence-corrected chi connectivity index (χ1v) is 5.14. The van der Waals surface area contributed by atoms with Crippen LogP contribution >= 0.6 is 23.2 Å². The van der Waals surface area contributed by atoms with Crippen LogP contribution in [0.5, 0.6) is 0 Å². The van der Waals surface area contributed by atoms with E-state index in [0.29, 0.717) is 11.8 Å². The quantitative estimate of drug-likeness (QED) is 0.468. The fraction of sp³-hybridized carbons (Fsp3) is 0.167. The minimum absolute atomic E-state index is 0.331. The molecule has 0 N–H and O–H groups in total. The van der Waals surface area contributed by atoms with Gasteiger partial charge in [-0.15, -0.1) is 23.2 Å². The van der Waals surface area contributed by atoms with Gasteiger partial charge in [-0.1, -0.05) is 35.8 Å². The van der Waals surface area contributed by atoms with E-state index in [0.717, 1.165) is 11.1 Å². The third-order valence-corrected chi connectivity index (χ3v) is 1.77. The van der Waals surface area contributed by atoms with Gasteiger partial charge in [0.2, 0.25) is 0 Å². The summed E-state index contributed by atoms with van der Waals surface area (Å²) in [5.74, 6) is 12.1. The smallest absolute Gasteiger partial charge is 0.0839 e. The molecule has 0 amide bonds. The topological polar surface area (TPSA) is 0 Å². The van der Waals surface area contributed by atoms with Crippen molar-refractivity contribution in [3.05, 3.63) is 35.4 Å². The van der Waals surface area contributed by atoms with Crippen LogP contribution in [-0.4, -0.2) is 11.8 Å². The van der Waals surface area contributed by atoms with Gasteiger partial charge < -0.3 is 0 Å². The van der Waals surface area contributed by atoms with Crippen LogP contribution in [0.15, 0.2) is 24.3 Å². The second-order valence-corrected chi connectivity index (χ2v) is 2.95. The van der Waals surface area contributed by atoms with Crippen LogP contribution in [0.2, 0.25) is 0 Å². The summed E-state index contributed by atoms with van der Waals surface area (Å²) in [4.78, 5) is 0. The molecule has 0 spiro atoms. The second kappa shape index (κ2) is 6.39. The highest BCUT2D eigenvalue weighted by Crippen LogP contribution is 2.05. The van der Waals surface area contributed by atoms with Crippen LogP contribution in [0.25, 0.3) is 0 Å². The van der Waals surface area contributed by atoms with Crippen molar-refractivity contribution < 1.29 is 0 Å². The molecule has 0 fully saturated rings. The molecule has 0 aliphatic rings. The zero-order valence-corrected chi connectivity index (χ0v) is 8.99. The Kier molecular flexibility index (Phi) is 5.02. The van der Waals surface area contributed by atoms with Gasteiger partial charge in [0.1, 0.15) is 0 Å². The van der Waals surface area contributed by atoms with Gasteiger partial charge in [0.15, 0.2) is 0 Å². The minimum atomic E-state index is 0.331. The number of halogens is 2. The largest absolute Gasteiger partial charge is 0.113 e. The molecule has 2 heteroatoms. The average Bonchev–Trinajstić information content (AvgIpc) is 2.24. The first kappa shape index (κ1) is 11.0. The summed E-state index contributed by atoms with van der Waals surface area (Å²) in [5, 5.41) is 0. The van der Waals surface area contributed by atoms with E-state index in [2.05, 4.69) is 23.7 Å². The van der Waals surface area contributed by atoms with Gasteiger partial charge in [0.05, 0.1) is 11.8 Å². The lowest BCUT2D eigenvalue weighted by atomic mass is 10.1. The van der Waals surface area contributed by atoms with Crippen LogP contribution < -0.4 is 0 Å². The monoisotopic (exact) mass is 222 g/mol. The van der Waals surface area contributed by atoms with Crippen molar-refractivity contribution in [3.8, 4) is 23.7 Å². The highest BCUT2D eigenvalue weighted by Gasteiger charge is 1.93. The Balaban J connectivity index is 3.03. The third kappa shape index (κ3) is 3.35. The Bertz CT molecular complexity index is 372. The minimum Gasteiger partial charge on any atom is -0.113 e. The lowest BCUT2D eigenvalue weighted by molar-refractivity contribution is 1.58. The van der Waals surface area contributed by atoms with Gasteiger partial charge in [-0.05, 0) is 12.1 Å². The molecule has 0 heterocycles. The maximum atomic E-state index is 5.48. The van der Waals surface area contributed by atoms with E-state index < -0.39 is 0 Å². The molecule has 0 radical (unpaired) electrons. The first-order chi connectivity index (χ1) is 6.88. The van der Waals surface area contributed by atoms with Crippen LogP contribution in [0.1, 0.15) is 11.1 Å². The van der Waals surface area contributed by atoms with Crippen molar-refractivity contribution in [1.82, 2.24) is 0 Å². The second-order valence-electron chi connectivity index (χ2n) is 2.42. The molecule has 14 heavy (non-hydrogen) atoms. The van der Waals surface area contributed by atoms with Gasteiger partial charge >= 0.3 is 0 Å². The van der Waals surface area contributed by atoms with Crippen molar-refractivity contribution in [2.24, 2.45) is 0 Å². The first-order valence-electron chi connectivity index (χ1n) is 4.07. The fourth-order valence-electron chi connectivity index (χ4n) is 0.958. The summed E-state index contributed by atoms with van der Waals surface area (Å²) >= 11 is 11.0.